The molecule has 1 rings (SSSR count). The number of rotatable bonds is 5. The van der Waals surface area contributed by atoms with E-state index >= 15 is 0 Å². The molecule has 0 aliphatic heterocycles. The molecule has 92 valence electrons. The summed E-state index contributed by atoms with van der Waals surface area (Å²) >= 11 is 1.28. The highest BCUT2D eigenvalue weighted by Crippen LogP contribution is 2.32. The van der Waals surface area contributed by atoms with E-state index in [1.807, 2.05) is 14.1 Å². The van der Waals surface area contributed by atoms with Crippen molar-refractivity contribution in [1.82, 2.24) is 4.98 Å². The van der Waals surface area contributed by atoms with Crippen LogP contribution < -0.4 is 10.6 Å². The molecule has 1 aromatic rings. The van der Waals surface area contributed by atoms with Crippen molar-refractivity contribution in [2.45, 2.75) is 0 Å². The summed E-state index contributed by atoms with van der Waals surface area (Å²) in [5, 5.41) is 4.70. The molecule has 0 aliphatic carbocycles. The molecule has 0 saturated carbocycles. The van der Waals surface area contributed by atoms with Crippen molar-refractivity contribution < 1.29 is 9.63 Å². The van der Waals surface area contributed by atoms with Gasteiger partial charge in [0.25, 0.3) is 5.91 Å². The lowest BCUT2D eigenvalue weighted by Crippen LogP contribution is -2.25. The zero-order valence-electron chi connectivity index (χ0n) is 9.80. The molecule has 1 amide bonds. The Hall–Kier alpha value is -1.96. The minimum absolute atomic E-state index is 0.0701. The van der Waals surface area contributed by atoms with Gasteiger partial charge in [0, 0.05) is 14.1 Å². The highest BCUT2D eigenvalue weighted by atomic mass is 32.1. The lowest BCUT2D eigenvalue weighted by atomic mass is 10.3. The van der Waals surface area contributed by atoms with E-state index in [2.05, 4.69) is 26.7 Å². The topological polar surface area (TPSA) is 93.2 Å². The van der Waals surface area contributed by atoms with Gasteiger partial charge in [0.05, 0.1) is 0 Å². The summed E-state index contributed by atoms with van der Waals surface area (Å²) in [6.07, 6.45) is 0. The molecule has 0 saturated heterocycles. The second-order valence-corrected chi connectivity index (χ2v) is 4.15. The maximum absolute atomic E-state index is 11.2. The average Bonchev–Trinajstić information content (AvgIpc) is 2.69. The summed E-state index contributed by atoms with van der Waals surface area (Å²) in [4.78, 5) is 25.6. The maximum atomic E-state index is 11.2. The molecule has 8 heteroatoms. The predicted molar refractivity (Wildman–Crippen MR) is 68.4 cm³/mol. The number of amides is 1. The van der Waals surface area contributed by atoms with Crippen LogP contribution in [0.4, 0.5) is 10.1 Å². The minimum Gasteiger partial charge on any atom is -0.398 e. The standard InChI is InChI=1S/C9H13N5O2S/c1-11-8-6(5(7(10)15)13-16-4)12-9(17-8)14(2)3/h1H2,2-4H3,(H2,10,15). The van der Waals surface area contributed by atoms with E-state index in [0.29, 0.717) is 10.1 Å². The summed E-state index contributed by atoms with van der Waals surface area (Å²) in [7, 11) is 4.98. The number of hydrogen-bond acceptors (Lipinski definition) is 7. The van der Waals surface area contributed by atoms with Crippen LogP contribution in [0.3, 0.4) is 0 Å². The molecule has 0 aliphatic rings. The largest absolute Gasteiger partial charge is 0.398 e. The number of carbonyl (C=O) groups is 1. The van der Waals surface area contributed by atoms with Gasteiger partial charge >= 0.3 is 0 Å². The number of nitrogens with two attached hydrogens (primary N) is 1. The zero-order chi connectivity index (χ0) is 13.0. The Morgan fingerprint density at radius 3 is 2.65 bits per heavy atom. The summed E-state index contributed by atoms with van der Waals surface area (Å²) < 4.78 is 0. The number of carbonyl (C=O) groups excluding carboxylic acids is 1. The normalized spacial score (nSPS) is 11.1. The van der Waals surface area contributed by atoms with Gasteiger partial charge in [-0.1, -0.05) is 16.5 Å². The molecule has 7 nitrogen and oxygen atoms in total. The molecule has 0 fully saturated rings. The van der Waals surface area contributed by atoms with Crippen molar-refractivity contribution in [2.24, 2.45) is 15.9 Å². The van der Waals surface area contributed by atoms with Crippen LogP contribution in [0, 0.1) is 0 Å². The molecule has 0 radical (unpaired) electrons. The quantitative estimate of drug-likeness (QED) is 0.608. The summed E-state index contributed by atoms with van der Waals surface area (Å²) in [6.45, 7) is 3.42. The number of oxime groups is 1. The van der Waals surface area contributed by atoms with E-state index in [1.54, 1.807) is 4.90 Å². The van der Waals surface area contributed by atoms with E-state index in [9.17, 15) is 4.79 Å². The lowest BCUT2D eigenvalue weighted by molar-refractivity contribution is -0.112. The highest BCUT2D eigenvalue weighted by molar-refractivity contribution is 7.19. The first-order valence-electron chi connectivity index (χ1n) is 4.57. The highest BCUT2D eigenvalue weighted by Gasteiger charge is 2.21. The molecule has 17 heavy (non-hydrogen) atoms. The van der Waals surface area contributed by atoms with Crippen molar-refractivity contribution >= 4 is 39.8 Å². The summed E-state index contributed by atoms with van der Waals surface area (Å²) in [6, 6.07) is 0. The first kappa shape index (κ1) is 13.1. The molecule has 0 aromatic carbocycles. The van der Waals surface area contributed by atoms with Gasteiger partial charge in [0.1, 0.15) is 17.8 Å². The number of primary amides is 1. The predicted octanol–water partition coefficient (Wildman–Crippen LogP) is 0.377. The Morgan fingerprint density at radius 2 is 2.24 bits per heavy atom. The van der Waals surface area contributed by atoms with Gasteiger partial charge < -0.3 is 15.5 Å². The molecule has 1 heterocycles. The maximum Gasteiger partial charge on any atom is 0.273 e. The van der Waals surface area contributed by atoms with Crippen LogP contribution in [-0.4, -0.2) is 44.5 Å². The average molecular weight is 255 g/mol. The Kier molecular flexibility index (Phi) is 4.16. The lowest BCUT2D eigenvalue weighted by Gasteiger charge is -2.05. The molecular weight excluding hydrogens is 242 g/mol. The van der Waals surface area contributed by atoms with E-state index in [4.69, 9.17) is 5.73 Å². The van der Waals surface area contributed by atoms with Gasteiger partial charge in [-0.15, -0.1) is 0 Å². The SMILES string of the molecule is C=Nc1sc(N(C)C)nc1C(=NOC)C(N)=O. The van der Waals surface area contributed by atoms with Crippen LogP contribution in [0.15, 0.2) is 10.1 Å². The third-order valence-electron chi connectivity index (χ3n) is 1.76. The van der Waals surface area contributed by atoms with E-state index in [0.717, 1.165) is 0 Å². The first-order chi connectivity index (χ1) is 8.01. The number of nitrogens with zero attached hydrogens (tertiary/aromatic N) is 4. The smallest absolute Gasteiger partial charge is 0.273 e. The monoisotopic (exact) mass is 255 g/mol. The third kappa shape index (κ3) is 2.78. The van der Waals surface area contributed by atoms with Gasteiger partial charge in [-0.25, -0.2) is 4.98 Å². The van der Waals surface area contributed by atoms with Crippen LogP contribution in [0.1, 0.15) is 5.69 Å². The van der Waals surface area contributed by atoms with Crippen LogP contribution >= 0.6 is 11.3 Å². The first-order valence-corrected chi connectivity index (χ1v) is 5.39. The summed E-state index contributed by atoms with van der Waals surface area (Å²) in [5.74, 6) is -0.729. The second kappa shape index (κ2) is 5.39. The Balaban J connectivity index is 3.32. The van der Waals surface area contributed by atoms with Crippen LogP contribution in [0.5, 0.6) is 0 Å². The minimum atomic E-state index is -0.729. The molecule has 0 bridgehead atoms. The zero-order valence-corrected chi connectivity index (χ0v) is 10.6. The van der Waals surface area contributed by atoms with Gasteiger partial charge in [-0.2, -0.15) is 0 Å². The second-order valence-electron chi connectivity index (χ2n) is 3.19. The van der Waals surface area contributed by atoms with Gasteiger partial charge in [0.15, 0.2) is 10.8 Å². The molecule has 2 N–H and O–H groups in total. The fourth-order valence-corrected chi connectivity index (χ4v) is 1.85. The van der Waals surface area contributed by atoms with Gasteiger partial charge in [-0.3, -0.25) is 9.79 Å². The van der Waals surface area contributed by atoms with E-state index in [1.165, 1.54) is 18.4 Å². The van der Waals surface area contributed by atoms with Crippen LogP contribution in [0.25, 0.3) is 0 Å². The van der Waals surface area contributed by atoms with Crippen LogP contribution in [0.2, 0.25) is 0 Å². The van der Waals surface area contributed by atoms with Crippen molar-refractivity contribution in [1.29, 1.82) is 0 Å². The van der Waals surface area contributed by atoms with Gasteiger partial charge in [0.2, 0.25) is 0 Å². The number of aromatic nitrogens is 1. The molecule has 1 aromatic heterocycles. The van der Waals surface area contributed by atoms with Gasteiger partial charge in [-0.05, 0) is 6.72 Å². The fraction of sp³-hybridized carbons (Fsp3) is 0.333. The summed E-state index contributed by atoms with van der Waals surface area (Å²) in [5.41, 5.74) is 5.41. The number of aliphatic imine (C=N–C) groups is 1. The molecule has 0 unspecified atom stereocenters. The van der Waals surface area contributed by atoms with Crippen molar-refractivity contribution in [3.8, 4) is 0 Å². The number of anilines is 1. The number of thiazole rings is 1. The number of hydrogen-bond donors (Lipinski definition) is 1. The van der Waals surface area contributed by atoms with Crippen LogP contribution in [-0.2, 0) is 9.63 Å². The Labute approximate surface area is 103 Å². The third-order valence-corrected chi connectivity index (χ3v) is 2.92. The van der Waals surface area contributed by atoms with E-state index < -0.39 is 5.91 Å². The fourth-order valence-electron chi connectivity index (χ4n) is 1.05. The molecule has 0 atom stereocenters. The van der Waals surface area contributed by atoms with Crippen molar-refractivity contribution in [3.05, 3.63) is 5.69 Å². The molecular formula is C9H13N5O2S. The van der Waals surface area contributed by atoms with Crippen molar-refractivity contribution in [2.75, 3.05) is 26.1 Å². The Morgan fingerprint density at radius 1 is 1.59 bits per heavy atom. The Bertz CT molecular complexity index is 466. The van der Waals surface area contributed by atoms with Crippen molar-refractivity contribution in [3.63, 3.8) is 0 Å². The van der Waals surface area contributed by atoms with E-state index in [-0.39, 0.29) is 11.4 Å². The molecule has 0 spiro atoms.